The van der Waals surface area contributed by atoms with Crippen LogP contribution in [0.15, 0.2) is 57.5 Å². The molecule has 0 saturated carbocycles. The van der Waals surface area contributed by atoms with Crippen molar-refractivity contribution in [1.29, 1.82) is 0 Å². The molecule has 5 rings (SSSR count). The van der Waals surface area contributed by atoms with Crippen LogP contribution in [0.5, 0.6) is 0 Å². The number of aliphatic carboxylic acids is 1. The summed E-state index contributed by atoms with van der Waals surface area (Å²) in [5.74, 6) is -2.17. The number of carbonyl (C=O) groups excluding carboxylic acids is 2. The number of likely N-dealkylation sites (tertiary alicyclic amines) is 1. The Morgan fingerprint density at radius 3 is 2.55 bits per heavy atom. The van der Waals surface area contributed by atoms with Crippen molar-refractivity contribution in [3.05, 3.63) is 64.7 Å². The lowest BCUT2D eigenvalue weighted by Gasteiger charge is -2.25. The number of nitrogens with one attached hydrogen (secondary N) is 4. The quantitative estimate of drug-likeness (QED) is 0.217. The van der Waals surface area contributed by atoms with Crippen LogP contribution in [0.25, 0.3) is 0 Å². The molecule has 0 radical (unpaired) electrons. The summed E-state index contributed by atoms with van der Waals surface area (Å²) in [5.41, 5.74) is 1.64. The monoisotopic (exact) mass is 669 g/mol. The topological polar surface area (TPSA) is 200 Å². The van der Waals surface area contributed by atoms with Crippen LogP contribution in [0.1, 0.15) is 35.1 Å². The summed E-state index contributed by atoms with van der Waals surface area (Å²) in [6, 6.07) is 10.7. The maximum Gasteiger partial charge on any atom is 0.410 e. The van der Waals surface area contributed by atoms with Crippen molar-refractivity contribution < 1.29 is 37.5 Å². The molecule has 1 unspecified atom stereocenters. The van der Waals surface area contributed by atoms with E-state index in [1.807, 2.05) is 37.3 Å². The molecule has 2 aromatic carbocycles. The van der Waals surface area contributed by atoms with E-state index in [1.165, 1.54) is 0 Å². The van der Waals surface area contributed by atoms with Crippen LogP contribution in [0.4, 0.5) is 4.79 Å². The Morgan fingerprint density at radius 2 is 1.89 bits per heavy atom. The summed E-state index contributed by atoms with van der Waals surface area (Å²) in [6.07, 6.45) is 1.29. The number of nitrogens with zero attached hydrogens (tertiary/aromatic N) is 3. The molecule has 4 atom stereocenters. The standard InChI is InChI=1S/C31H39N7O8S/c1-19-11-20(2)26(21(3)12-19)47(43,44)37-25(28(40)41)16-34-27(39)24-14-31(46-36-24)13-23(15-35-29-32-9-10-33-29)38(18-31)30(42)45-17-22-7-5-4-6-8-22/h4-9,11-12,23,25,29,33,35,37H,10,13-18H2,1-3H3,(H,34,39)(H,40,41)/t23-,25-,29?,31-/m0/s1. The summed E-state index contributed by atoms with van der Waals surface area (Å²) in [4.78, 5) is 50.0. The average molecular weight is 670 g/mol. The highest BCUT2D eigenvalue weighted by Crippen LogP contribution is 2.38. The van der Waals surface area contributed by atoms with E-state index in [9.17, 15) is 27.9 Å². The molecule has 3 heterocycles. The summed E-state index contributed by atoms with van der Waals surface area (Å²) in [6.45, 7) is 5.73. The highest BCUT2D eigenvalue weighted by Gasteiger charge is 2.53. The first-order chi connectivity index (χ1) is 22.4. The van der Waals surface area contributed by atoms with Crippen LogP contribution in [0, 0.1) is 20.8 Å². The molecule has 0 bridgehead atoms. The molecule has 1 fully saturated rings. The van der Waals surface area contributed by atoms with E-state index in [0.717, 1.165) is 11.1 Å². The van der Waals surface area contributed by atoms with E-state index in [-0.39, 0.29) is 42.5 Å². The van der Waals surface area contributed by atoms with Crippen molar-refractivity contribution in [1.82, 2.24) is 25.6 Å². The van der Waals surface area contributed by atoms with E-state index in [4.69, 9.17) is 9.57 Å². The summed E-state index contributed by atoms with van der Waals surface area (Å²) >= 11 is 0. The molecule has 2 aromatic rings. The third-order valence-electron chi connectivity index (χ3n) is 8.19. The van der Waals surface area contributed by atoms with E-state index in [1.54, 1.807) is 37.1 Å². The molecule has 2 amide bonds. The molecule has 16 heteroatoms. The van der Waals surface area contributed by atoms with Crippen molar-refractivity contribution in [2.75, 3.05) is 26.2 Å². The molecule has 0 aromatic heterocycles. The predicted molar refractivity (Wildman–Crippen MR) is 171 cm³/mol. The third kappa shape index (κ3) is 8.13. The Morgan fingerprint density at radius 1 is 1.17 bits per heavy atom. The van der Waals surface area contributed by atoms with Crippen LogP contribution in [0.3, 0.4) is 0 Å². The Hall–Kier alpha value is -4.38. The summed E-state index contributed by atoms with van der Waals surface area (Å²) in [5, 5.41) is 22.6. The van der Waals surface area contributed by atoms with E-state index in [0.29, 0.717) is 30.6 Å². The lowest BCUT2D eigenvalue weighted by Crippen LogP contribution is -2.49. The largest absolute Gasteiger partial charge is 0.480 e. The fourth-order valence-corrected chi connectivity index (χ4v) is 7.78. The Labute approximate surface area is 272 Å². The Balaban J connectivity index is 1.21. The van der Waals surface area contributed by atoms with Crippen LogP contribution in [-0.4, -0.2) is 98.5 Å². The first-order valence-electron chi connectivity index (χ1n) is 15.2. The number of carboxylic acid groups (broad SMARTS) is 1. The zero-order chi connectivity index (χ0) is 33.8. The van der Waals surface area contributed by atoms with E-state index >= 15 is 0 Å². The summed E-state index contributed by atoms with van der Waals surface area (Å²) in [7, 11) is -4.23. The summed E-state index contributed by atoms with van der Waals surface area (Å²) < 4.78 is 34.1. The smallest absolute Gasteiger partial charge is 0.410 e. The van der Waals surface area contributed by atoms with Gasteiger partial charge in [-0.05, 0) is 37.5 Å². The van der Waals surface area contributed by atoms with Crippen molar-refractivity contribution in [2.24, 2.45) is 10.1 Å². The number of sulfonamides is 1. The zero-order valence-corrected chi connectivity index (χ0v) is 27.2. The number of benzene rings is 2. The van der Waals surface area contributed by atoms with Crippen LogP contribution >= 0.6 is 0 Å². The first-order valence-corrected chi connectivity index (χ1v) is 16.7. The highest BCUT2D eigenvalue weighted by molar-refractivity contribution is 7.89. The van der Waals surface area contributed by atoms with Gasteiger partial charge in [-0.25, -0.2) is 13.2 Å². The second-order valence-electron chi connectivity index (χ2n) is 12.0. The highest BCUT2D eigenvalue weighted by atomic mass is 32.2. The number of carboxylic acids is 1. The number of aryl methyl sites for hydroxylation is 3. The fraction of sp³-hybridized carbons (Fsp3) is 0.452. The van der Waals surface area contributed by atoms with Crippen molar-refractivity contribution in [3.63, 3.8) is 0 Å². The molecule has 3 aliphatic rings. The molecule has 5 N–H and O–H groups in total. The van der Waals surface area contributed by atoms with Gasteiger partial charge in [0, 0.05) is 38.7 Å². The van der Waals surface area contributed by atoms with Gasteiger partial charge < -0.3 is 20.0 Å². The van der Waals surface area contributed by atoms with Gasteiger partial charge in [0.25, 0.3) is 5.91 Å². The number of amides is 2. The number of ether oxygens (including phenoxy) is 1. The zero-order valence-electron chi connectivity index (χ0n) is 26.4. The van der Waals surface area contributed by atoms with Crippen molar-refractivity contribution in [2.45, 2.75) is 69.1 Å². The number of oxime groups is 1. The third-order valence-corrected chi connectivity index (χ3v) is 9.96. The van der Waals surface area contributed by atoms with Gasteiger partial charge in [0.1, 0.15) is 18.4 Å². The number of aliphatic imine (C=N–C) groups is 1. The van der Waals surface area contributed by atoms with Crippen LogP contribution < -0.4 is 20.7 Å². The van der Waals surface area contributed by atoms with Gasteiger partial charge in [-0.3, -0.25) is 30.1 Å². The maximum atomic E-state index is 13.2. The van der Waals surface area contributed by atoms with Gasteiger partial charge in [0.15, 0.2) is 11.9 Å². The molecule has 252 valence electrons. The van der Waals surface area contributed by atoms with Gasteiger partial charge in [-0.2, -0.15) is 4.72 Å². The van der Waals surface area contributed by atoms with E-state index in [2.05, 4.69) is 30.8 Å². The lowest BCUT2D eigenvalue weighted by atomic mass is 9.94. The van der Waals surface area contributed by atoms with Crippen molar-refractivity contribution in [3.8, 4) is 0 Å². The SMILES string of the molecule is Cc1cc(C)c(S(=O)(=O)N[C@@H](CNC(=O)C2=NO[C@]3(C2)C[C@@H](CNC2N=CCN2)N(C(=O)OCc2ccccc2)C3)C(=O)O)c(C)c1. The second kappa shape index (κ2) is 14.2. The molecule has 47 heavy (non-hydrogen) atoms. The second-order valence-corrected chi connectivity index (χ2v) is 13.7. The minimum Gasteiger partial charge on any atom is -0.480 e. The van der Waals surface area contributed by atoms with E-state index < -0.39 is 46.2 Å². The van der Waals surface area contributed by atoms with Crippen LogP contribution in [0.2, 0.25) is 0 Å². The lowest BCUT2D eigenvalue weighted by molar-refractivity contribution is -0.138. The molecule has 1 saturated heterocycles. The Bertz CT molecular complexity index is 1660. The van der Waals surface area contributed by atoms with Gasteiger partial charge >= 0.3 is 12.1 Å². The molecule has 0 aliphatic carbocycles. The number of hydrogen-bond donors (Lipinski definition) is 5. The fourth-order valence-electron chi connectivity index (χ4n) is 6.14. The minimum atomic E-state index is -4.23. The Kier molecular flexibility index (Phi) is 10.2. The number of hydrogen-bond acceptors (Lipinski definition) is 11. The number of carbonyl (C=O) groups is 3. The molecule has 15 nitrogen and oxygen atoms in total. The van der Waals surface area contributed by atoms with Crippen molar-refractivity contribution >= 4 is 39.9 Å². The molecular formula is C31H39N7O8S. The predicted octanol–water partition coefficient (Wildman–Crippen LogP) is 0.933. The minimum absolute atomic E-state index is 0.00417. The molecular weight excluding hydrogens is 630 g/mol. The van der Waals surface area contributed by atoms with Gasteiger partial charge in [0.05, 0.1) is 17.5 Å². The molecule has 1 spiro atoms. The first kappa shape index (κ1) is 34.0. The average Bonchev–Trinajstić information content (AvgIpc) is 3.77. The maximum absolute atomic E-state index is 13.2. The van der Waals surface area contributed by atoms with Gasteiger partial charge in [-0.15, -0.1) is 0 Å². The van der Waals surface area contributed by atoms with Gasteiger partial charge in [-0.1, -0.05) is 53.2 Å². The van der Waals surface area contributed by atoms with Crippen LogP contribution in [-0.2, 0) is 35.8 Å². The molecule has 3 aliphatic heterocycles. The number of rotatable bonds is 12. The normalized spacial score (nSPS) is 22.6. The van der Waals surface area contributed by atoms with Gasteiger partial charge in [0.2, 0.25) is 10.0 Å².